The fraction of sp³-hybridized carbons (Fsp3) is 0.667. The number of amides is 1. The van der Waals surface area contributed by atoms with Crippen molar-refractivity contribution in [1.29, 1.82) is 0 Å². The lowest BCUT2D eigenvalue weighted by atomic mass is 9.93. The van der Waals surface area contributed by atoms with Crippen LogP contribution in [-0.4, -0.2) is 34.7 Å². The van der Waals surface area contributed by atoms with Crippen LogP contribution < -0.4 is 0 Å². The first-order valence-corrected chi connectivity index (χ1v) is 6.40. The van der Waals surface area contributed by atoms with E-state index in [4.69, 9.17) is 0 Å². The standard InChI is InChI=1S/C12H20BrN3O/c1-8(11(17)15(5)6)16-7-9(13)10(14-16)12(2,3)4/h7-8H,1-6H3. The van der Waals surface area contributed by atoms with Gasteiger partial charge in [-0.3, -0.25) is 9.48 Å². The molecule has 96 valence electrons. The van der Waals surface area contributed by atoms with Crippen LogP contribution in [0, 0.1) is 0 Å². The highest BCUT2D eigenvalue weighted by molar-refractivity contribution is 9.10. The van der Waals surface area contributed by atoms with E-state index in [1.807, 2.05) is 13.1 Å². The molecule has 0 saturated heterocycles. The summed E-state index contributed by atoms with van der Waals surface area (Å²) in [5.41, 5.74) is 0.932. The van der Waals surface area contributed by atoms with Crippen LogP contribution in [0.3, 0.4) is 0 Å². The van der Waals surface area contributed by atoms with Gasteiger partial charge in [-0.05, 0) is 22.9 Å². The second-order valence-corrected chi connectivity index (χ2v) is 6.32. The lowest BCUT2D eigenvalue weighted by Crippen LogP contribution is -2.30. The molecule has 0 N–H and O–H groups in total. The molecule has 1 atom stereocenters. The monoisotopic (exact) mass is 301 g/mol. The summed E-state index contributed by atoms with van der Waals surface area (Å²) < 4.78 is 2.66. The molecule has 0 aromatic carbocycles. The molecule has 0 fully saturated rings. The summed E-state index contributed by atoms with van der Waals surface area (Å²) in [7, 11) is 3.50. The molecule has 0 bridgehead atoms. The van der Waals surface area contributed by atoms with Gasteiger partial charge in [-0.15, -0.1) is 0 Å². The van der Waals surface area contributed by atoms with Crippen molar-refractivity contribution in [3.8, 4) is 0 Å². The van der Waals surface area contributed by atoms with Crippen molar-refractivity contribution in [2.24, 2.45) is 0 Å². The molecule has 1 rings (SSSR count). The smallest absolute Gasteiger partial charge is 0.246 e. The van der Waals surface area contributed by atoms with E-state index >= 15 is 0 Å². The number of halogens is 1. The number of hydrogen-bond acceptors (Lipinski definition) is 2. The van der Waals surface area contributed by atoms with Gasteiger partial charge in [-0.2, -0.15) is 5.10 Å². The molecule has 0 spiro atoms. The summed E-state index contributed by atoms with van der Waals surface area (Å²) in [6.07, 6.45) is 1.87. The van der Waals surface area contributed by atoms with Gasteiger partial charge in [0, 0.05) is 25.7 Å². The van der Waals surface area contributed by atoms with E-state index in [-0.39, 0.29) is 17.4 Å². The summed E-state index contributed by atoms with van der Waals surface area (Å²) in [5.74, 6) is 0.0421. The zero-order valence-corrected chi connectivity index (χ0v) is 12.9. The van der Waals surface area contributed by atoms with Gasteiger partial charge in [-0.1, -0.05) is 20.8 Å². The summed E-state index contributed by atoms with van der Waals surface area (Å²) in [6, 6.07) is -0.280. The van der Waals surface area contributed by atoms with E-state index < -0.39 is 0 Å². The Balaban J connectivity index is 3.06. The normalized spacial score (nSPS) is 13.6. The van der Waals surface area contributed by atoms with Crippen molar-refractivity contribution in [2.45, 2.75) is 39.2 Å². The third-order valence-electron chi connectivity index (χ3n) is 2.59. The van der Waals surface area contributed by atoms with Gasteiger partial charge in [0.15, 0.2) is 0 Å². The van der Waals surface area contributed by atoms with Crippen LogP contribution >= 0.6 is 15.9 Å². The number of carbonyl (C=O) groups excluding carboxylic acids is 1. The fourth-order valence-corrected chi connectivity index (χ4v) is 2.45. The molecule has 0 aliphatic heterocycles. The first kappa shape index (κ1) is 14.2. The Bertz CT molecular complexity index is 418. The number of hydrogen-bond donors (Lipinski definition) is 0. The van der Waals surface area contributed by atoms with Gasteiger partial charge in [0.05, 0.1) is 10.2 Å². The summed E-state index contributed by atoms with van der Waals surface area (Å²) in [5, 5.41) is 4.51. The lowest BCUT2D eigenvalue weighted by Gasteiger charge is -2.18. The zero-order chi connectivity index (χ0) is 13.4. The van der Waals surface area contributed by atoms with Crippen molar-refractivity contribution in [3.05, 3.63) is 16.4 Å². The maximum Gasteiger partial charge on any atom is 0.246 e. The summed E-state index contributed by atoms with van der Waals surface area (Å²) >= 11 is 3.50. The molecule has 1 amide bonds. The van der Waals surface area contributed by atoms with E-state index in [1.165, 1.54) is 0 Å². The molecule has 1 aromatic heterocycles. The second kappa shape index (κ2) is 4.80. The molecule has 1 unspecified atom stereocenters. The molecule has 0 saturated carbocycles. The predicted molar refractivity (Wildman–Crippen MR) is 72.0 cm³/mol. The van der Waals surface area contributed by atoms with E-state index in [9.17, 15) is 4.79 Å². The summed E-state index contributed by atoms with van der Waals surface area (Å²) in [6.45, 7) is 8.16. The van der Waals surface area contributed by atoms with Crippen molar-refractivity contribution in [2.75, 3.05) is 14.1 Å². The first-order valence-electron chi connectivity index (χ1n) is 5.61. The Hall–Kier alpha value is -0.840. The second-order valence-electron chi connectivity index (χ2n) is 5.46. The van der Waals surface area contributed by atoms with Crippen molar-refractivity contribution < 1.29 is 4.79 Å². The molecular weight excluding hydrogens is 282 g/mol. The van der Waals surface area contributed by atoms with Crippen LogP contribution in [0.5, 0.6) is 0 Å². The average Bonchev–Trinajstić information content (AvgIpc) is 2.57. The zero-order valence-electron chi connectivity index (χ0n) is 11.3. The van der Waals surface area contributed by atoms with Crippen LogP contribution in [0.2, 0.25) is 0 Å². The van der Waals surface area contributed by atoms with Crippen LogP contribution in [-0.2, 0) is 10.2 Å². The topological polar surface area (TPSA) is 38.1 Å². The molecule has 1 aromatic rings. The minimum absolute atomic E-state index is 0.0367. The quantitative estimate of drug-likeness (QED) is 0.842. The van der Waals surface area contributed by atoms with Crippen molar-refractivity contribution >= 4 is 21.8 Å². The van der Waals surface area contributed by atoms with Crippen LogP contribution in [0.4, 0.5) is 0 Å². The third-order valence-corrected chi connectivity index (χ3v) is 3.17. The highest BCUT2D eigenvalue weighted by atomic mass is 79.9. The maximum absolute atomic E-state index is 11.9. The predicted octanol–water partition coefficient (Wildman–Crippen LogP) is 2.59. The van der Waals surface area contributed by atoms with E-state index in [2.05, 4.69) is 41.8 Å². The van der Waals surface area contributed by atoms with Crippen LogP contribution in [0.25, 0.3) is 0 Å². The summed E-state index contributed by atoms with van der Waals surface area (Å²) in [4.78, 5) is 13.4. The van der Waals surface area contributed by atoms with Crippen molar-refractivity contribution in [1.82, 2.24) is 14.7 Å². The molecule has 17 heavy (non-hydrogen) atoms. The molecule has 1 heterocycles. The lowest BCUT2D eigenvalue weighted by molar-refractivity contribution is -0.132. The average molecular weight is 302 g/mol. The van der Waals surface area contributed by atoms with Crippen LogP contribution in [0.15, 0.2) is 10.7 Å². The van der Waals surface area contributed by atoms with E-state index in [0.717, 1.165) is 10.2 Å². The maximum atomic E-state index is 11.9. The highest BCUT2D eigenvalue weighted by Gasteiger charge is 2.24. The minimum atomic E-state index is -0.280. The van der Waals surface area contributed by atoms with E-state index in [1.54, 1.807) is 23.7 Å². The van der Waals surface area contributed by atoms with Gasteiger partial charge >= 0.3 is 0 Å². The number of likely N-dealkylation sites (N-methyl/N-ethyl adjacent to an activating group) is 1. The molecule has 0 aliphatic carbocycles. The van der Waals surface area contributed by atoms with Gasteiger partial charge in [0.25, 0.3) is 0 Å². The molecule has 5 heteroatoms. The fourth-order valence-electron chi connectivity index (χ4n) is 1.56. The minimum Gasteiger partial charge on any atom is -0.347 e. The Labute approximate surface area is 111 Å². The SMILES string of the molecule is CC(C(=O)N(C)C)n1cc(Br)c(C(C)(C)C)n1. The highest BCUT2D eigenvalue weighted by Crippen LogP contribution is 2.29. The van der Waals surface area contributed by atoms with Gasteiger partial charge < -0.3 is 4.90 Å². The number of rotatable bonds is 2. The third kappa shape index (κ3) is 3.09. The Morgan fingerprint density at radius 3 is 2.35 bits per heavy atom. The molecule has 0 radical (unpaired) electrons. The molecule has 0 aliphatic rings. The van der Waals surface area contributed by atoms with Crippen LogP contribution in [0.1, 0.15) is 39.4 Å². The number of nitrogens with zero attached hydrogens (tertiary/aromatic N) is 3. The Morgan fingerprint density at radius 1 is 1.47 bits per heavy atom. The number of carbonyl (C=O) groups is 1. The van der Waals surface area contributed by atoms with Crippen molar-refractivity contribution in [3.63, 3.8) is 0 Å². The van der Waals surface area contributed by atoms with Gasteiger partial charge in [0.2, 0.25) is 5.91 Å². The Morgan fingerprint density at radius 2 is 2.00 bits per heavy atom. The Kier molecular flexibility index (Phi) is 4.02. The number of aromatic nitrogens is 2. The van der Waals surface area contributed by atoms with Gasteiger partial charge in [-0.25, -0.2) is 0 Å². The van der Waals surface area contributed by atoms with Gasteiger partial charge in [0.1, 0.15) is 6.04 Å². The molecule has 4 nitrogen and oxygen atoms in total. The first-order chi connectivity index (χ1) is 7.64. The van der Waals surface area contributed by atoms with E-state index in [0.29, 0.717) is 0 Å². The molecular formula is C12H20BrN3O. The largest absolute Gasteiger partial charge is 0.347 e.